The second-order valence-electron chi connectivity index (χ2n) is 6.20. The summed E-state index contributed by atoms with van der Waals surface area (Å²) in [5.74, 6) is 0.583. The highest BCUT2D eigenvalue weighted by Crippen LogP contribution is 2.25. The van der Waals surface area contributed by atoms with Crippen LogP contribution in [0.5, 0.6) is 0 Å². The minimum absolute atomic E-state index is 0.115. The molecule has 0 aromatic heterocycles. The summed E-state index contributed by atoms with van der Waals surface area (Å²) in [7, 11) is -3.32. The van der Waals surface area contributed by atoms with Crippen LogP contribution < -0.4 is 0 Å². The summed E-state index contributed by atoms with van der Waals surface area (Å²) in [6.07, 6.45) is 4.04. The molecule has 0 radical (unpaired) electrons. The summed E-state index contributed by atoms with van der Waals surface area (Å²) in [6.45, 7) is 6.99. The summed E-state index contributed by atoms with van der Waals surface area (Å²) < 4.78 is 27.0. The van der Waals surface area contributed by atoms with E-state index in [0.717, 1.165) is 25.7 Å². The Morgan fingerprint density at radius 2 is 1.85 bits per heavy atom. The van der Waals surface area contributed by atoms with Crippen LogP contribution in [0.4, 0.5) is 0 Å². The summed E-state index contributed by atoms with van der Waals surface area (Å²) in [5.41, 5.74) is 1.20. The van der Waals surface area contributed by atoms with E-state index in [9.17, 15) is 8.42 Å². The number of benzene rings is 1. The van der Waals surface area contributed by atoms with Crippen molar-refractivity contribution in [3.63, 3.8) is 0 Å². The van der Waals surface area contributed by atoms with Crippen LogP contribution in [0.1, 0.15) is 45.6 Å². The fourth-order valence-electron chi connectivity index (χ4n) is 2.83. The molecule has 2 rings (SSSR count). The van der Waals surface area contributed by atoms with Gasteiger partial charge >= 0.3 is 0 Å². The van der Waals surface area contributed by atoms with Gasteiger partial charge in [0, 0.05) is 12.6 Å². The van der Waals surface area contributed by atoms with Crippen molar-refractivity contribution in [3.05, 3.63) is 29.8 Å². The van der Waals surface area contributed by atoms with Crippen LogP contribution in [0, 0.1) is 5.92 Å². The lowest BCUT2D eigenvalue weighted by atomic mass is 10.0. The molecule has 0 N–H and O–H groups in total. The first-order valence-electron chi connectivity index (χ1n) is 7.52. The Labute approximate surface area is 123 Å². The van der Waals surface area contributed by atoms with Crippen LogP contribution in [0.15, 0.2) is 29.2 Å². The summed E-state index contributed by atoms with van der Waals surface area (Å²) >= 11 is 0. The van der Waals surface area contributed by atoms with Crippen LogP contribution in [0.2, 0.25) is 0 Å². The zero-order valence-electron chi connectivity index (χ0n) is 12.7. The molecule has 0 spiro atoms. The van der Waals surface area contributed by atoms with Crippen molar-refractivity contribution in [1.29, 1.82) is 0 Å². The Morgan fingerprint density at radius 3 is 2.40 bits per heavy atom. The van der Waals surface area contributed by atoms with Crippen molar-refractivity contribution in [2.45, 2.75) is 57.4 Å². The first kappa shape index (κ1) is 15.5. The second kappa shape index (κ2) is 6.27. The van der Waals surface area contributed by atoms with E-state index in [2.05, 4.69) is 13.8 Å². The normalized spacial score (nSPS) is 21.3. The maximum absolute atomic E-state index is 12.7. The molecule has 1 aromatic rings. The van der Waals surface area contributed by atoms with Crippen LogP contribution in [0.3, 0.4) is 0 Å². The third kappa shape index (κ3) is 3.41. The number of sulfonamides is 1. The van der Waals surface area contributed by atoms with Gasteiger partial charge in [0.05, 0.1) is 4.90 Å². The lowest BCUT2D eigenvalue weighted by Crippen LogP contribution is -2.41. The zero-order valence-corrected chi connectivity index (χ0v) is 13.5. The molecule has 1 fully saturated rings. The molecule has 1 aliphatic rings. The second-order valence-corrected chi connectivity index (χ2v) is 8.09. The van der Waals surface area contributed by atoms with Gasteiger partial charge in [-0.05, 0) is 49.8 Å². The van der Waals surface area contributed by atoms with Gasteiger partial charge in [0.2, 0.25) is 10.0 Å². The Kier molecular flexibility index (Phi) is 4.86. The van der Waals surface area contributed by atoms with Gasteiger partial charge in [-0.1, -0.05) is 32.4 Å². The number of piperidine rings is 1. The molecule has 0 aliphatic carbocycles. The van der Waals surface area contributed by atoms with Gasteiger partial charge < -0.3 is 0 Å². The zero-order chi connectivity index (χ0) is 14.8. The smallest absolute Gasteiger partial charge is 0.207 e. The van der Waals surface area contributed by atoms with Crippen LogP contribution >= 0.6 is 0 Å². The number of hydrogen-bond acceptors (Lipinski definition) is 2. The third-order valence-corrected chi connectivity index (χ3v) is 5.94. The molecule has 20 heavy (non-hydrogen) atoms. The van der Waals surface area contributed by atoms with Gasteiger partial charge in [-0.25, -0.2) is 8.42 Å². The number of nitrogens with zero attached hydrogens (tertiary/aromatic N) is 1. The standard InChI is InChI=1S/C16H25NO2S/c1-13(2)12-15-7-9-16(10-8-15)20(18,19)17-11-5-4-6-14(17)3/h7-10,13-14H,4-6,11-12H2,1-3H3/t14-/m1/s1. The predicted octanol–water partition coefficient (Wildman–Crippen LogP) is 3.45. The van der Waals surface area contributed by atoms with Crippen molar-refractivity contribution in [2.24, 2.45) is 5.92 Å². The topological polar surface area (TPSA) is 37.4 Å². The molecule has 0 unspecified atom stereocenters. The Bertz CT molecular complexity index is 534. The highest BCUT2D eigenvalue weighted by molar-refractivity contribution is 7.89. The van der Waals surface area contributed by atoms with Crippen LogP contribution in [-0.4, -0.2) is 25.3 Å². The van der Waals surface area contributed by atoms with E-state index in [-0.39, 0.29) is 6.04 Å². The van der Waals surface area contributed by atoms with Crippen LogP contribution in [0.25, 0.3) is 0 Å². The molecule has 1 aliphatic heterocycles. The Hall–Kier alpha value is -0.870. The van der Waals surface area contributed by atoms with Crippen molar-refractivity contribution in [1.82, 2.24) is 4.31 Å². The van der Waals surface area contributed by atoms with Crippen molar-refractivity contribution < 1.29 is 8.42 Å². The monoisotopic (exact) mass is 295 g/mol. The van der Waals surface area contributed by atoms with Gasteiger partial charge in [-0.2, -0.15) is 4.31 Å². The predicted molar refractivity (Wildman–Crippen MR) is 82.2 cm³/mol. The van der Waals surface area contributed by atoms with E-state index in [0.29, 0.717) is 17.4 Å². The van der Waals surface area contributed by atoms with E-state index >= 15 is 0 Å². The molecule has 4 heteroatoms. The fourth-order valence-corrected chi connectivity index (χ4v) is 4.53. The van der Waals surface area contributed by atoms with Gasteiger partial charge in [-0.3, -0.25) is 0 Å². The first-order valence-corrected chi connectivity index (χ1v) is 8.96. The largest absolute Gasteiger partial charge is 0.243 e. The lowest BCUT2D eigenvalue weighted by Gasteiger charge is -2.32. The highest BCUT2D eigenvalue weighted by Gasteiger charge is 2.30. The highest BCUT2D eigenvalue weighted by atomic mass is 32.2. The van der Waals surface area contributed by atoms with Gasteiger partial charge in [0.25, 0.3) is 0 Å². The lowest BCUT2D eigenvalue weighted by molar-refractivity contribution is 0.268. The molecule has 1 atom stereocenters. The van der Waals surface area contributed by atoms with E-state index in [1.807, 2.05) is 19.1 Å². The molecule has 1 saturated heterocycles. The molecule has 0 bridgehead atoms. The maximum atomic E-state index is 12.7. The van der Waals surface area contributed by atoms with Crippen molar-refractivity contribution in [3.8, 4) is 0 Å². The maximum Gasteiger partial charge on any atom is 0.243 e. The molecule has 1 heterocycles. The van der Waals surface area contributed by atoms with Gasteiger partial charge in [0.15, 0.2) is 0 Å². The molecule has 3 nitrogen and oxygen atoms in total. The average Bonchev–Trinajstić information content (AvgIpc) is 2.39. The minimum atomic E-state index is -3.32. The van der Waals surface area contributed by atoms with E-state index in [4.69, 9.17) is 0 Å². The Morgan fingerprint density at radius 1 is 1.20 bits per heavy atom. The van der Waals surface area contributed by atoms with E-state index in [1.165, 1.54) is 5.56 Å². The molecule has 0 amide bonds. The van der Waals surface area contributed by atoms with E-state index in [1.54, 1.807) is 16.4 Å². The van der Waals surface area contributed by atoms with Gasteiger partial charge in [-0.15, -0.1) is 0 Å². The quantitative estimate of drug-likeness (QED) is 0.853. The summed E-state index contributed by atoms with van der Waals surface area (Å²) in [6, 6.07) is 7.52. The summed E-state index contributed by atoms with van der Waals surface area (Å²) in [4.78, 5) is 0.429. The number of rotatable bonds is 4. The molecular formula is C16H25NO2S. The third-order valence-electron chi connectivity index (χ3n) is 3.92. The van der Waals surface area contributed by atoms with E-state index < -0.39 is 10.0 Å². The first-order chi connectivity index (χ1) is 9.41. The molecule has 112 valence electrons. The molecular weight excluding hydrogens is 270 g/mol. The van der Waals surface area contributed by atoms with Crippen LogP contribution in [-0.2, 0) is 16.4 Å². The molecule has 0 saturated carbocycles. The number of hydrogen-bond donors (Lipinski definition) is 0. The average molecular weight is 295 g/mol. The minimum Gasteiger partial charge on any atom is -0.207 e. The van der Waals surface area contributed by atoms with Crippen molar-refractivity contribution in [2.75, 3.05) is 6.54 Å². The fraction of sp³-hybridized carbons (Fsp3) is 0.625. The van der Waals surface area contributed by atoms with Gasteiger partial charge in [0.1, 0.15) is 0 Å². The molecule has 1 aromatic carbocycles. The van der Waals surface area contributed by atoms with Crippen molar-refractivity contribution >= 4 is 10.0 Å². The SMILES string of the molecule is CC(C)Cc1ccc(S(=O)(=O)N2CCCC[C@H]2C)cc1. The Balaban J connectivity index is 2.21. The summed E-state index contributed by atoms with van der Waals surface area (Å²) in [5, 5.41) is 0.